The van der Waals surface area contributed by atoms with E-state index in [4.69, 9.17) is 4.74 Å². The van der Waals surface area contributed by atoms with Crippen molar-refractivity contribution >= 4 is 5.78 Å². The number of aromatic nitrogens is 2. The number of carbonyl (C=O) groups is 1. The molecule has 2 aromatic rings. The van der Waals surface area contributed by atoms with Crippen molar-refractivity contribution in [3.63, 3.8) is 0 Å². The lowest BCUT2D eigenvalue weighted by atomic mass is 10.1. The molecular weight excluding hydrogens is 312 g/mol. The van der Waals surface area contributed by atoms with Crippen LogP contribution in [0.1, 0.15) is 55.2 Å². The fraction of sp³-hybridized carbons (Fsp3) is 0.429. The molecule has 4 heteroatoms. The number of allylic oxidation sites excluding steroid dienone is 1. The lowest BCUT2D eigenvalue weighted by Gasteiger charge is -2.15. The Bertz CT molecular complexity index is 662. The van der Waals surface area contributed by atoms with Gasteiger partial charge in [-0.2, -0.15) is 0 Å². The smallest absolute Gasteiger partial charge is 0.227 e. The molecule has 0 N–H and O–H groups in total. The Morgan fingerprint density at radius 1 is 1.24 bits per heavy atom. The summed E-state index contributed by atoms with van der Waals surface area (Å²) in [5, 5.41) is 0. The van der Waals surface area contributed by atoms with Gasteiger partial charge in [0.05, 0.1) is 6.61 Å². The number of carbonyl (C=O) groups excluding carboxylic acids is 1. The maximum Gasteiger partial charge on any atom is 0.227 e. The highest BCUT2D eigenvalue weighted by atomic mass is 16.5. The molecule has 25 heavy (non-hydrogen) atoms. The second-order valence-electron chi connectivity index (χ2n) is 6.21. The molecule has 0 aliphatic heterocycles. The number of Topliss-reactive ketones (excluding diaryl/α,β-unsaturated/α-hetero) is 1. The molecule has 0 saturated heterocycles. The Labute approximate surface area is 150 Å². The molecule has 1 atom stereocenters. The third-order valence-corrected chi connectivity index (χ3v) is 4.12. The molecule has 0 bridgehead atoms. The van der Waals surface area contributed by atoms with Crippen molar-refractivity contribution in [2.24, 2.45) is 7.05 Å². The molecule has 0 radical (unpaired) electrons. The van der Waals surface area contributed by atoms with E-state index >= 15 is 0 Å². The minimum absolute atomic E-state index is 0.0679. The number of nitrogens with zero attached hydrogens (tertiary/aromatic N) is 2. The van der Waals surface area contributed by atoms with E-state index in [1.54, 1.807) is 17.0 Å². The quantitative estimate of drug-likeness (QED) is 0.338. The minimum atomic E-state index is -0.510. The zero-order chi connectivity index (χ0) is 17.9. The van der Waals surface area contributed by atoms with Crippen molar-refractivity contribution < 1.29 is 9.53 Å². The van der Waals surface area contributed by atoms with Crippen LogP contribution < -0.4 is 0 Å². The van der Waals surface area contributed by atoms with Crippen LogP contribution in [0.4, 0.5) is 0 Å². The zero-order valence-electron chi connectivity index (χ0n) is 15.2. The summed E-state index contributed by atoms with van der Waals surface area (Å²) < 4.78 is 7.68. The average Bonchev–Trinajstić information content (AvgIpc) is 3.06. The number of ketones is 1. The zero-order valence-corrected chi connectivity index (χ0v) is 15.2. The molecule has 0 aliphatic rings. The second kappa shape index (κ2) is 10.6. The van der Waals surface area contributed by atoms with Gasteiger partial charge in [0.2, 0.25) is 5.78 Å². The highest BCUT2D eigenvalue weighted by Crippen LogP contribution is 2.12. The molecule has 0 spiro atoms. The molecule has 0 aliphatic carbocycles. The summed E-state index contributed by atoms with van der Waals surface area (Å²) in [6, 6.07) is 9.93. The molecule has 0 saturated carbocycles. The Balaban J connectivity index is 1.97. The molecule has 134 valence electrons. The van der Waals surface area contributed by atoms with Gasteiger partial charge in [-0.05, 0) is 24.8 Å². The summed E-state index contributed by atoms with van der Waals surface area (Å²) in [4.78, 5) is 16.9. The van der Waals surface area contributed by atoms with Gasteiger partial charge in [0.25, 0.3) is 0 Å². The lowest BCUT2D eigenvalue weighted by Crippen LogP contribution is -2.26. The standard InChI is InChI=1S/C21H28N2O2/c1-3-4-5-6-7-11-14-19(20(24)21-22-15-16-23(21)2)25-17-18-12-9-8-10-13-18/h7-13,15-16,19H,3-6,14,17H2,1-2H3/b11-7-/t19-/m0/s1. The van der Waals surface area contributed by atoms with Crippen LogP contribution in [0.5, 0.6) is 0 Å². The van der Waals surface area contributed by atoms with Crippen LogP contribution in [-0.2, 0) is 18.4 Å². The van der Waals surface area contributed by atoms with Gasteiger partial charge in [-0.25, -0.2) is 4.98 Å². The van der Waals surface area contributed by atoms with E-state index in [0.717, 1.165) is 12.0 Å². The summed E-state index contributed by atoms with van der Waals surface area (Å²) >= 11 is 0. The molecular formula is C21H28N2O2. The first kappa shape index (κ1) is 19.1. The van der Waals surface area contributed by atoms with Crippen molar-refractivity contribution in [2.75, 3.05) is 0 Å². The highest BCUT2D eigenvalue weighted by molar-refractivity contribution is 5.96. The third-order valence-electron chi connectivity index (χ3n) is 4.12. The number of imidazole rings is 1. The molecule has 0 amide bonds. The van der Waals surface area contributed by atoms with Crippen LogP contribution in [0.25, 0.3) is 0 Å². The fourth-order valence-electron chi connectivity index (χ4n) is 2.62. The maximum atomic E-state index is 12.8. The predicted octanol–water partition coefficient (Wildman–Crippen LogP) is 4.71. The first-order chi connectivity index (χ1) is 12.2. The Kier molecular flexibility index (Phi) is 8.13. The van der Waals surface area contributed by atoms with Crippen molar-refractivity contribution in [2.45, 2.75) is 51.7 Å². The van der Waals surface area contributed by atoms with Crippen LogP contribution >= 0.6 is 0 Å². The average molecular weight is 340 g/mol. The maximum absolute atomic E-state index is 12.8. The van der Waals surface area contributed by atoms with Gasteiger partial charge in [0, 0.05) is 19.4 Å². The summed E-state index contributed by atoms with van der Waals surface area (Å²) in [6.45, 7) is 2.62. The van der Waals surface area contributed by atoms with Gasteiger partial charge >= 0.3 is 0 Å². The summed E-state index contributed by atoms with van der Waals surface area (Å²) in [7, 11) is 1.83. The first-order valence-corrected chi connectivity index (χ1v) is 9.04. The number of ether oxygens (including phenoxy) is 1. The van der Waals surface area contributed by atoms with E-state index in [1.165, 1.54) is 19.3 Å². The molecule has 2 rings (SSSR count). The van der Waals surface area contributed by atoms with Crippen LogP contribution in [-0.4, -0.2) is 21.4 Å². The van der Waals surface area contributed by atoms with Gasteiger partial charge in [-0.1, -0.05) is 62.2 Å². The highest BCUT2D eigenvalue weighted by Gasteiger charge is 2.23. The minimum Gasteiger partial charge on any atom is -0.365 e. The molecule has 1 heterocycles. The molecule has 0 unspecified atom stereocenters. The molecule has 1 aromatic carbocycles. The van der Waals surface area contributed by atoms with E-state index < -0.39 is 6.10 Å². The molecule has 1 aromatic heterocycles. The molecule has 4 nitrogen and oxygen atoms in total. The van der Waals surface area contributed by atoms with Gasteiger partial charge in [0.15, 0.2) is 5.82 Å². The summed E-state index contributed by atoms with van der Waals surface area (Å²) in [5.74, 6) is 0.374. The van der Waals surface area contributed by atoms with E-state index in [-0.39, 0.29) is 5.78 Å². The van der Waals surface area contributed by atoms with Gasteiger partial charge in [0.1, 0.15) is 6.10 Å². The lowest BCUT2D eigenvalue weighted by molar-refractivity contribution is 0.0340. The van der Waals surface area contributed by atoms with Crippen LogP contribution in [0.15, 0.2) is 54.9 Å². The number of hydrogen-bond donors (Lipinski definition) is 0. The topological polar surface area (TPSA) is 44.1 Å². The Hall–Kier alpha value is -2.20. The van der Waals surface area contributed by atoms with Crippen LogP contribution in [0.2, 0.25) is 0 Å². The SMILES string of the molecule is CCCCC/C=C\C[C@H](OCc1ccccc1)C(=O)c1nccn1C. The number of aryl methyl sites for hydroxylation is 1. The van der Waals surface area contributed by atoms with Crippen molar-refractivity contribution in [3.8, 4) is 0 Å². The van der Waals surface area contributed by atoms with E-state index in [0.29, 0.717) is 18.9 Å². The fourth-order valence-corrected chi connectivity index (χ4v) is 2.62. The number of unbranched alkanes of at least 4 members (excludes halogenated alkanes) is 3. The Morgan fingerprint density at radius 3 is 2.72 bits per heavy atom. The number of hydrogen-bond acceptors (Lipinski definition) is 3. The van der Waals surface area contributed by atoms with Crippen molar-refractivity contribution in [3.05, 3.63) is 66.3 Å². The van der Waals surface area contributed by atoms with Crippen molar-refractivity contribution in [1.29, 1.82) is 0 Å². The van der Waals surface area contributed by atoms with Crippen molar-refractivity contribution in [1.82, 2.24) is 9.55 Å². The second-order valence-corrected chi connectivity index (χ2v) is 6.21. The van der Waals surface area contributed by atoms with Crippen LogP contribution in [0, 0.1) is 0 Å². The van der Waals surface area contributed by atoms with Crippen LogP contribution in [0.3, 0.4) is 0 Å². The number of benzene rings is 1. The van der Waals surface area contributed by atoms with Gasteiger partial charge in [-0.3, -0.25) is 4.79 Å². The third kappa shape index (κ3) is 6.31. The normalized spacial score (nSPS) is 12.6. The summed E-state index contributed by atoms with van der Waals surface area (Å²) in [6.07, 6.45) is 12.4. The first-order valence-electron chi connectivity index (χ1n) is 9.04. The van der Waals surface area contributed by atoms with E-state index in [9.17, 15) is 4.79 Å². The van der Waals surface area contributed by atoms with E-state index in [1.807, 2.05) is 37.4 Å². The molecule has 0 fully saturated rings. The Morgan fingerprint density at radius 2 is 2.04 bits per heavy atom. The van der Waals surface area contributed by atoms with E-state index in [2.05, 4.69) is 24.1 Å². The number of rotatable bonds is 11. The predicted molar refractivity (Wildman–Crippen MR) is 100 cm³/mol. The summed E-state index contributed by atoms with van der Waals surface area (Å²) in [5.41, 5.74) is 1.06. The van der Waals surface area contributed by atoms with Gasteiger partial charge in [-0.15, -0.1) is 0 Å². The largest absolute Gasteiger partial charge is 0.365 e. The monoisotopic (exact) mass is 340 g/mol. The van der Waals surface area contributed by atoms with Gasteiger partial charge < -0.3 is 9.30 Å².